The van der Waals surface area contributed by atoms with Crippen molar-refractivity contribution in [2.24, 2.45) is 5.73 Å². The van der Waals surface area contributed by atoms with Crippen LogP contribution in [0.5, 0.6) is 0 Å². The summed E-state index contributed by atoms with van der Waals surface area (Å²) in [4.78, 5) is 12.5. The Morgan fingerprint density at radius 3 is 2.62 bits per heavy atom. The Morgan fingerprint density at radius 2 is 1.90 bits per heavy atom. The summed E-state index contributed by atoms with van der Waals surface area (Å²) >= 11 is 0. The van der Waals surface area contributed by atoms with Crippen LogP contribution in [-0.4, -0.2) is 22.7 Å². The molecule has 2 aliphatic rings. The lowest BCUT2D eigenvalue weighted by Crippen LogP contribution is -2.56. The highest BCUT2D eigenvalue weighted by Crippen LogP contribution is 2.33. The average Bonchev–Trinajstić information content (AvgIpc) is 2.76. The monoisotopic (exact) mass is 310 g/mol. The van der Waals surface area contributed by atoms with Crippen molar-refractivity contribution in [1.29, 1.82) is 0 Å². The first kappa shape index (κ1) is 16.3. The van der Waals surface area contributed by atoms with Crippen LogP contribution in [0.3, 0.4) is 0 Å². The fourth-order valence-electron chi connectivity index (χ4n) is 3.44. The number of hydrogen-bond acceptors (Lipinski definition) is 3. The van der Waals surface area contributed by atoms with Crippen molar-refractivity contribution >= 4 is 18.3 Å². The van der Waals surface area contributed by atoms with Gasteiger partial charge in [0.05, 0.1) is 17.7 Å². The molecule has 4 N–H and O–H groups in total. The molecule has 0 saturated heterocycles. The number of carbonyl (C=O) groups is 1. The molecule has 4 nitrogen and oxygen atoms in total. The lowest BCUT2D eigenvalue weighted by molar-refractivity contribution is -0.129. The number of hydrogen-bond donors (Lipinski definition) is 3. The van der Waals surface area contributed by atoms with Gasteiger partial charge in [-0.3, -0.25) is 4.79 Å². The third kappa shape index (κ3) is 3.07. The van der Waals surface area contributed by atoms with E-state index in [-0.39, 0.29) is 24.4 Å². The van der Waals surface area contributed by atoms with E-state index in [1.165, 1.54) is 0 Å². The predicted molar refractivity (Wildman–Crippen MR) is 84.3 cm³/mol. The molecule has 0 aromatic heterocycles. The second-order valence-electron chi connectivity index (χ2n) is 6.14. The number of fused-ring (bicyclic) bond motifs is 1. The Kier molecular flexibility index (Phi) is 4.91. The van der Waals surface area contributed by atoms with Gasteiger partial charge in [-0.05, 0) is 24.0 Å². The first-order chi connectivity index (χ1) is 9.60. The number of rotatable bonds is 2. The fraction of sp³-hybridized carbons (Fsp3) is 0.562. The predicted octanol–water partition coefficient (Wildman–Crippen LogP) is 1.84. The number of carbonyl (C=O) groups excluding carboxylic acids is 1. The summed E-state index contributed by atoms with van der Waals surface area (Å²) in [6.45, 7) is 0. The molecule has 0 heterocycles. The fourth-order valence-corrected chi connectivity index (χ4v) is 3.44. The van der Waals surface area contributed by atoms with Crippen molar-refractivity contribution in [3.05, 3.63) is 35.4 Å². The number of aliphatic hydroxyl groups is 1. The lowest BCUT2D eigenvalue weighted by Gasteiger charge is -2.33. The molecule has 1 amide bonds. The van der Waals surface area contributed by atoms with Gasteiger partial charge in [0.1, 0.15) is 0 Å². The summed E-state index contributed by atoms with van der Waals surface area (Å²) in [5.41, 5.74) is 7.63. The molecule has 0 spiro atoms. The third-order valence-corrected chi connectivity index (χ3v) is 4.69. The van der Waals surface area contributed by atoms with Crippen LogP contribution in [0.25, 0.3) is 0 Å². The molecule has 21 heavy (non-hydrogen) atoms. The summed E-state index contributed by atoms with van der Waals surface area (Å²) in [5.74, 6) is -0.113. The van der Waals surface area contributed by atoms with Crippen molar-refractivity contribution < 1.29 is 9.90 Å². The molecule has 0 radical (unpaired) electrons. The van der Waals surface area contributed by atoms with Gasteiger partial charge < -0.3 is 16.2 Å². The quantitative estimate of drug-likeness (QED) is 0.780. The highest BCUT2D eigenvalue weighted by atomic mass is 35.5. The molecule has 3 rings (SSSR count). The molecule has 116 valence electrons. The molecule has 5 heteroatoms. The normalized spacial score (nSPS) is 26.6. The zero-order valence-electron chi connectivity index (χ0n) is 12.0. The number of benzene rings is 1. The van der Waals surface area contributed by atoms with Crippen molar-refractivity contribution in [2.75, 3.05) is 0 Å². The van der Waals surface area contributed by atoms with E-state index in [9.17, 15) is 9.90 Å². The smallest absolute Gasteiger partial charge is 0.240 e. The molecule has 0 aliphatic heterocycles. The van der Waals surface area contributed by atoms with Crippen molar-refractivity contribution in [3.63, 3.8) is 0 Å². The zero-order valence-corrected chi connectivity index (χ0v) is 12.9. The molecular formula is C16H23ClN2O2. The largest absolute Gasteiger partial charge is 0.390 e. The van der Waals surface area contributed by atoms with Crippen molar-refractivity contribution in [1.82, 2.24) is 5.32 Å². The molecule has 1 fully saturated rings. The second-order valence-corrected chi connectivity index (χ2v) is 6.14. The van der Waals surface area contributed by atoms with Gasteiger partial charge >= 0.3 is 0 Å². The zero-order chi connectivity index (χ0) is 14.2. The van der Waals surface area contributed by atoms with Crippen LogP contribution < -0.4 is 11.1 Å². The number of nitrogens with one attached hydrogen (secondary N) is 1. The molecule has 2 aliphatic carbocycles. The van der Waals surface area contributed by atoms with Gasteiger partial charge in [0.2, 0.25) is 5.91 Å². The van der Waals surface area contributed by atoms with Crippen LogP contribution in [0.1, 0.15) is 49.3 Å². The number of aliphatic hydroxyl groups excluding tert-OH is 1. The molecule has 1 saturated carbocycles. The highest BCUT2D eigenvalue weighted by Gasteiger charge is 2.39. The Balaban J connectivity index is 0.00000161. The van der Waals surface area contributed by atoms with Gasteiger partial charge in [0.25, 0.3) is 0 Å². The van der Waals surface area contributed by atoms with Crippen LogP contribution in [0.2, 0.25) is 0 Å². The summed E-state index contributed by atoms with van der Waals surface area (Å²) in [6.07, 6.45) is 4.69. The SMILES string of the molecule is Cl.NC1(C(=O)N[C@H]2c3ccccc3C[C@H]2O)CCCCC1. The van der Waals surface area contributed by atoms with E-state index in [0.29, 0.717) is 6.42 Å². The maximum absolute atomic E-state index is 12.5. The lowest BCUT2D eigenvalue weighted by atomic mass is 9.81. The number of nitrogens with two attached hydrogens (primary N) is 1. The van der Waals surface area contributed by atoms with E-state index < -0.39 is 11.6 Å². The molecule has 1 aromatic rings. The van der Waals surface area contributed by atoms with E-state index in [2.05, 4.69) is 5.32 Å². The molecule has 2 atom stereocenters. The molecule has 1 aromatic carbocycles. The molecule has 0 unspecified atom stereocenters. The minimum absolute atomic E-state index is 0. The molecular weight excluding hydrogens is 288 g/mol. The topological polar surface area (TPSA) is 75.4 Å². The minimum atomic E-state index is -0.754. The van der Waals surface area contributed by atoms with Gasteiger partial charge in [0.15, 0.2) is 0 Å². The molecule has 0 bridgehead atoms. The van der Waals surface area contributed by atoms with E-state index >= 15 is 0 Å². The van der Waals surface area contributed by atoms with Crippen LogP contribution in [0.4, 0.5) is 0 Å². The average molecular weight is 311 g/mol. The summed E-state index contributed by atoms with van der Waals surface area (Å²) in [7, 11) is 0. The van der Waals surface area contributed by atoms with E-state index in [1.807, 2.05) is 24.3 Å². The second kappa shape index (κ2) is 6.34. The van der Waals surface area contributed by atoms with Crippen LogP contribution >= 0.6 is 12.4 Å². The maximum Gasteiger partial charge on any atom is 0.240 e. The summed E-state index contributed by atoms with van der Waals surface area (Å²) in [5, 5.41) is 13.2. The Bertz CT molecular complexity index is 515. The number of halogens is 1. The van der Waals surface area contributed by atoms with Crippen molar-refractivity contribution in [3.8, 4) is 0 Å². The maximum atomic E-state index is 12.5. The van der Waals surface area contributed by atoms with E-state index in [1.54, 1.807) is 0 Å². The summed E-state index contributed by atoms with van der Waals surface area (Å²) < 4.78 is 0. The van der Waals surface area contributed by atoms with Gasteiger partial charge in [0, 0.05) is 6.42 Å². The van der Waals surface area contributed by atoms with Crippen LogP contribution in [0, 0.1) is 0 Å². The first-order valence-electron chi connectivity index (χ1n) is 7.46. The third-order valence-electron chi connectivity index (χ3n) is 4.69. The van der Waals surface area contributed by atoms with Gasteiger partial charge in [-0.1, -0.05) is 43.5 Å². The van der Waals surface area contributed by atoms with Crippen LogP contribution in [0.15, 0.2) is 24.3 Å². The van der Waals surface area contributed by atoms with Gasteiger partial charge in [-0.2, -0.15) is 0 Å². The van der Waals surface area contributed by atoms with Gasteiger partial charge in [-0.25, -0.2) is 0 Å². The summed E-state index contributed by atoms with van der Waals surface area (Å²) in [6, 6.07) is 7.56. The number of amides is 1. The van der Waals surface area contributed by atoms with Crippen molar-refractivity contribution in [2.45, 2.75) is 56.2 Å². The Morgan fingerprint density at radius 1 is 1.24 bits per heavy atom. The minimum Gasteiger partial charge on any atom is -0.390 e. The Labute approximate surface area is 131 Å². The van der Waals surface area contributed by atoms with Gasteiger partial charge in [-0.15, -0.1) is 12.4 Å². The highest BCUT2D eigenvalue weighted by molar-refractivity contribution is 5.86. The van der Waals surface area contributed by atoms with E-state index in [4.69, 9.17) is 5.73 Å². The standard InChI is InChI=1S/C16H22N2O2.ClH/c17-16(8-4-1-5-9-16)15(20)18-14-12-7-3-2-6-11(12)10-13(14)19;/h2-3,6-7,13-14,19H,1,4-5,8-10,17H2,(H,18,20);1H/t13-,14+;/m1./s1. The Hall–Kier alpha value is -1.10. The van der Waals surface area contributed by atoms with E-state index in [0.717, 1.165) is 43.2 Å². The first-order valence-corrected chi connectivity index (χ1v) is 7.46. The van der Waals surface area contributed by atoms with Crippen LogP contribution in [-0.2, 0) is 11.2 Å².